The Morgan fingerprint density at radius 1 is 1.37 bits per heavy atom. The number of amides is 1. The summed E-state index contributed by atoms with van der Waals surface area (Å²) in [7, 11) is 0. The standard InChI is InChI=1S/C14H19NO4/c1-2-11(9-16)14(17)15-8-10-3-4-12-13(7-10)19-6-5-18-12/h3-4,7,11,16H,2,5-6,8-9H2,1H3,(H,15,17). The molecule has 1 amide bonds. The van der Waals surface area contributed by atoms with Crippen LogP contribution < -0.4 is 14.8 Å². The van der Waals surface area contributed by atoms with Crippen molar-refractivity contribution < 1.29 is 19.4 Å². The summed E-state index contributed by atoms with van der Waals surface area (Å²) in [6, 6.07) is 5.61. The van der Waals surface area contributed by atoms with Crippen LogP contribution in [0.25, 0.3) is 0 Å². The quantitative estimate of drug-likeness (QED) is 0.836. The lowest BCUT2D eigenvalue weighted by atomic mass is 10.1. The maximum absolute atomic E-state index is 11.7. The van der Waals surface area contributed by atoms with Crippen LogP contribution in [0.2, 0.25) is 0 Å². The molecule has 2 N–H and O–H groups in total. The minimum atomic E-state index is -0.336. The zero-order valence-electron chi connectivity index (χ0n) is 11.0. The predicted octanol–water partition coefficient (Wildman–Crippen LogP) is 1.09. The molecule has 5 nitrogen and oxygen atoms in total. The van der Waals surface area contributed by atoms with E-state index in [0.29, 0.717) is 31.9 Å². The molecule has 1 aromatic rings. The first kappa shape index (κ1) is 13.7. The van der Waals surface area contributed by atoms with Gasteiger partial charge in [0.05, 0.1) is 12.5 Å². The highest BCUT2D eigenvalue weighted by molar-refractivity contribution is 5.78. The van der Waals surface area contributed by atoms with Gasteiger partial charge >= 0.3 is 0 Å². The summed E-state index contributed by atoms with van der Waals surface area (Å²) >= 11 is 0. The number of rotatable bonds is 5. The Morgan fingerprint density at radius 3 is 2.79 bits per heavy atom. The minimum Gasteiger partial charge on any atom is -0.486 e. The maximum atomic E-state index is 11.7. The summed E-state index contributed by atoms with van der Waals surface area (Å²) < 4.78 is 10.9. The third-order valence-corrected chi connectivity index (χ3v) is 3.16. The number of fused-ring (bicyclic) bond motifs is 1. The molecule has 0 saturated carbocycles. The maximum Gasteiger partial charge on any atom is 0.225 e. The fourth-order valence-electron chi connectivity index (χ4n) is 1.93. The molecule has 2 rings (SSSR count). The predicted molar refractivity (Wildman–Crippen MR) is 70.1 cm³/mol. The molecule has 104 valence electrons. The zero-order chi connectivity index (χ0) is 13.7. The number of hydrogen-bond donors (Lipinski definition) is 2. The lowest BCUT2D eigenvalue weighted by Crippen LogP contribution is -2.31. The molecule has 1 aromatic carbocycles. The first-order valence-electron chi connectivity index (χ1n) is 6.51. The molecule has 19 heavy (non-hydrogen) atoms. The molecule has 0 aromatic heterocycles. The average Bonchev–Trinajstić information content (AvgIpc) is 2.46. The van der Waals surface area contributed by atoms with E-state index in [1.54, 1.807) is 0 Å². The van der Waals surface area contributed by atoms with E-state index in [9.17, 15) is 4.79 Å². The topological polar surface area (TPSA) is 67.8 Å². The van der Waals surface area contributed by atoms with E-state index in [0.717, 1.165) is 11.3 Å². The van der Waals surface area contributed by atoms with Gasteiger partial charge in [-0.15, -0.1) is 0 Å². The Morgan fingerprint density at radius 2 is 2.11 bits per heavy atom. The number of carbonyl (C=O) groups is 1. The molecule has 1 atom stereocenters. The molecule has 0 radical (unpaired) electrons. The minimum absolute atomic E-state index is 0.122. The van der Waals surface area contributed by atoms with Gasteiger partial charge in [0, 0.05) is 6.54 Å². The molecule has 1 aliphatic heterocycles. The summed E-state index contributed by atoms with van der Waals surface area (Å²) in [5.41, 5.74) is 0.949. The van der Waals surface area contributed by atoms with Gasteiger partial charge in [0.2, 0.25) is 5.91 Å². The highest BCUT2D eigenvalue weighted by atomic mass is 16.6. The molecule has 1 unspecified atom stereocenters. The number of ether oxygens (including phenoxy) is 2. The molecule has 5 heteroatoms. The molecule has 0 bridgehead atoms. The second-order valence-electron chi connectivity index (χ2n) is 4.48. The van der Waals surface area contributed by atoms with Gasteiger partial charge in [-0.2, -0.15) is 0 Å². The average molecular weight is 265 g/mol. The van der Waals surface area contributed by atoms with Crippen LogP contribution in [0.5, 0.6) is 11.5 Å². The van der Waals surface area contributed by atoms with Crippen molar-refractivity contribution in [2.24, 2.45) is 5.92 Å². The fourth-order valence-corrected chi connectivity index (χ4v) is 1.93. The SMILES string of the molecule is CCC(CO)C(=O)NCc1ccc2c(c1)OCCO2. The van der Waals surface area contributed by atoms with Crippen LogP contribution in [0.1, 0.15) is 18.9 Å². The Bertz CT molecular complexity index is 443. The Kier molecular flexibility index (Phi) is 4.63. The van der Waals surface area contributed by atoms with Crippen molar-refractivity contribution in [1.82, 2.24) is 5.32 Å². The van der Waals surface area contributed by atoms with E-state index >= 15 is 0 Å². The molecule has 1 aliphatic rings. The number of aliphatic hydroxyl groups excluding tert-OH is 1. The highest BCUT2D eigenvalue weighted by Crippen LogP contribution is 2.30. The van der Waals surface area contributed by atoms with E-state index in [1.807, 2.05) is 25.1 Å². The summed E-state index contributed by atoms with van der Waals surface area (Å²) in [6.07, 6.45) is 0.628. The smallest absolute Gasteiger partial charge is 0.225 e. The number of benzene rings is 1. The number of hydrogen-bond acceptors (Lipinski definition) is 4. The molecule has 1 heterocycles. The molecule has 0 saturated heterocycles. The van der Waals surface area contributed by atoms with Crippen molar-refractivity contribution in [1.29, 1.82) is 0 Å². The van der Waals surface area contributed by atoms with Crippen molar-refractivity contribution in [3.05, 3.63) is 23.8 Å². The lowest BCUT2D eigenvalue weighted by Gasteiger charge is -2.19. The van der Waals surface area contributed by atoms with Crippen LogP contribution in [0.3, 0.4) is 0 Å². The van der Waals surface area contributed by atoms with Crippen molar-refractivity contribution >= 4 is 5.91 Å². The van der Waals surface area contributed by atoms with Crippen molar-refractivity contribution in [2.75, 3.05) is 19.8 Å². The third-order valence-electron chi connectivity index (χ3n) is 3.16. The second-order valence-corrected chi connectivity index (χ2v) is 4.48. The largest absolute Gasteiger partial charge is 0.486 e. The van der Waals surface area contributed by atoms with Crippen LogP contribution in [-0.2, 0) is 11.3 Å². The van der Waals surface area contributed by atoms with E-state index in [-0.39, 0.29) is 18.4 Å². The van der Waals surface area contributed by atoms with E-state index < -0.39 is 0 Å². The number of carbonyl (C=O) groups excluding carboxylic acids is 1. The van der Waals surface area contributed by atoms with Crippen molar-refractivity contribution in [3.63, 3.8) is 0 Å². The first-order chi connectivity index (χ1) is 9.24. The van der Waals surface area contributed by atoms with Crippen LogP contribution in [0, 0.1) is 5.92 Å². The number of aliphatic hydroxyl groups is 1. The van der Waals surface area contributed by atoms with Gasteiger partial charge in [-0.1, -0.05) is 13.0 Å². The summed E-state index contributed by atoms with van der Waals surface area (Å²) in [4.78, 5) is 11.7. The normalized spacial score (nSPS) is 14.8. The first-order valence-corrected chi connectivity index (χ1v) is 6.51. The lowest BCUT2D eigenvalue weighted by molar-refractivity contribution is -0.126. The molecular formula is C14H19NO4. The summed E-state index contributed by atoms with van der Waals surface area (Å²) in [5.74, 6) is 0.993. The van der Waals surface area contributed by atoms with E-state index in [2.05, 4.69) is 5.32 Å². The van der Waals surface area contributed by atoms with Crippen molar-refractivity contribution in [2.45, 2.75) is 19.9 Å². The van der Waals surface area contributed by atoms with E-state index in [1.165, 1.54) is 0 Å². The van der Waals surface area contributed by atoms with Gasteiger partial charge in [-0.05, 0) is 24.1 Å². The van der Waals surface area contributed by atoms with Crippen molar-refractivity contribution in [3.8, 4) is 11.5 Å². The fraction of sp³-hybridized carbons (Fsp3) is 0.500. The van der Waals surface area contributed by atoms with Crippen LogP contribution >= 0.6 is 0 Å². The summed E-state index contributed by atoms with van der Waals surface area (Å²) in [5, 5.41) is 11.9. The van der Waals surface area contributed by atoms with Gasteiger partial charge in [-0.3, -0.25) is 4.79 Å². The molecule has 0 fully saturated rings. The molecular weight excluding hydrogens is 246 g/mol. The summed E-state index contributed by atoms with van der Waals surface area (Å²) in [6.45, 7) is 3.29. The molecule has 0 spiro atoms. The molecule has 0 aliphatic carbocycles. The third kappa shape index (κ3) is 3.38. The van der Waals surface area contributed by atoms with E-state index in [4.69, 9.17) is 14.6 Å². The van der Waals surface area contributed by atoms with Gasteiger partial charge in [0.1, 0.15) is 13.2 Å². The van der Waals surface area contributed by atoms with Crippen LogP contribution in [0.4, 0.5) is 0 Å². The monoisotopic (exact) mass is 265 g/mol. The number of nitrogens with one attached hydrogen (secondary N) is 1. The highest BCUT2D eigenvalue weighted by Gasteiger charge is 2.15. The van der Waals surface area contributed by atoms with Gasteiger partial charge in [0.25, 0.3) is 0 Å². The second kappa shape index (κ2) is 6.43. The Labute approximate surface area is 112 Å². The van der Waals surface area contributed by atoms with Gasteiger partial charge < -0.3 is 19.9 Å². The van der Waals surface area contributed by atoms with Gasteiger partial charge in [-0.25, -0.2) is 0 Å². The van der Waals surface area contributed by atoms with Gasteiger partial charge in [0.15, 0.2) is 11.5 Å². The zero-order valence-corrected chi connectivity index (χ0v) is 11.0. The van der Waals surface area contributed by atoms with Crippen LogP contribution in [0.15, 0.2) is 18.2 Å². The Hall–Kier alpha value is -1.75. The Balaban J connectivity index is 1.94. The van der Waals surface area contributed by atoms with Crippen LogP contribution in [-0.4, -0.2) is 30.8 Å².